The van der Waals surface area contributed by atoms with E-state index in [1.165, 1.54) is 15.6 Å². The van der Waals surface area contributed by atoms with E-state index >= 15 is 0 Å². The SMILES string of the molecule is OC(Cc1csc2ccccc12)c1ccc(Cl)c(Br)c1. The maximum Gasteiger partial charge on any atom is 0.0831 e. The first-order valence-corrected chi connectivity index (χ1v) is 8.28. The smallest absolute Gasteiger partial charge is 0.0831 e. The minimum atomic E-state index is -0.526. The molecule has 102 valence electrons. The van der Waals surface area contributed by atoms with Crippen molar-refractivity contribution in [2.24, 2.45) is 0 Å². The zero-order valence-corrected chi connectivity index (χ0v) is 13.7. The molecule has 3 rings (SSSR count). The van der Waals surface area contributed by atoms with E-state index in [4.69, 9.17) is 11.6 Å². The molecule has 0 aliphatic heterocycles. The van der Waals surface area contributed by atoms with Gasteiger partial charge >= 0.3 is 0 Å². The van der Waals surface area contributed by atoms with Crippen LogP contribution in [0, 0.1) is 0 Å². The fourth-order valence-corrected chi connectivity index (χ4v) is 3.73. The number of fused-ring (bicyclic) bond motifs is 1. The summed E-state index contributed by atoms with van der Waals surface area (Å²) in [6, 6.07) is 13.8. The Balaban J connectivity index is 1.88. The van der Waals surface area contributed by atoms with E-state index in [1.54, 1.807) is 17.4 Å². The lowest BCUT2D eigenvalue weighted by Gasteiger charge is -2.11. The summed E-state index contributed by atoms with van der Waals surface area (Å²) in [4.78, 5) is 0. The fraction of sp³-hybridized carbons (Fsp3) is 0.125. The second kappa shape index (κ2) is 5.86. The summed E-state index contributed by atoms with van der Waals surface area (Å²) < 4.78 is 2.07. The lowest BCUT2D eigenvalue weighted by Crippen LogP contribution is -2.01. The molecule has 1 atom stereocenters. The average molecular weight is 368 g/mol. The van der Waals surface area contributed by atoms with Crippen LogP contribution in [0.15, 0.2) is 52.3 Å². The van der Waals surface area contributed by atoms with Crippen LogP contribution in [0.3, 0.4) is 0 Å². The van der Waals surface area contributed by atoms with E-state index in [-0.39, 0.29) is 0 Å². The van der Waals surface area contributed by atoms with Crippen molar-refractivity contribution in [3.05, 3.63) is 68.5 Å². The molecule has 0 saturated carbocycles. The van der Waals surface area contributed by atoms with Crippen LogP contribution in [0.25, 0.3) is 10.1 Å². The van der Waals surface area contributed by atoms with Gasteiger partial charge in [0.15, 0.2) is 0 Å². The van der Waals surface area contributed by atoms with Crippen LogP contribution in [0.5, 0.6) is 0 Å². The number of aliphatic hydroxyl groups excluding tert-OH is 1. The molecule has 0 amide bonds. The van der Waals surface area contributed by atoms with E-state index in [0.29, 0.717) is 11.4 Å². The molecule has 1 heterocycles. The highest BCUT2D eigenvalue weighted by atomic mass is 79.9. The number of thiophene rings is 1. The molecule has 2 aromatic carbocycles. The second-order valence-electron chi connectivity index (χ2n) is 4.65. The van der Waals surface area contributed by atoms with Crippen LogP contribution in [0.1, 0.15) is 17.2 Å². The van der Waals surface area contributed by atoms with Crippen LogP contribution >= 0.6 is 38.9 Å². The third-order valence-electron chi connectivity index (χ3n) is 3.30. The van der Waals surface area contributed by atoms with E-state index in [9.17, 15) is 5.11 Å². The van der Waals surface area contributed by atoms with Crippen LogP contribution in [-0.4, -0.2) is 5.11 Å². The van der Waals surface area contributed by atoms with Gasteiger partial charge in [-0.2, -0.15) is 0 Å². The molecule has 1 unspecified atom stereocenters. The van der Waals surface area contributed by atoms with E-state index < -0.39 is 6.10 Å². The third kappa shape index (κ3) is 2.77. The first-order valence-electron chi connectivity index (χ1n) is 6.23. The summed E-state index contributed by atoms with van der Waals surface area (Å²) in [5, 5.41) is 14.4. The Morgan fingerprint density at radius 3 is 2.80 bits per heavy atom. The van der Waals surface area contributed by atoms with Gasteiger partial charge in [0.25, 0.3) is 0 Å². The molecule has 3 aromatic rings. The Morgan fingerprint density at radius 1 is 1.20 bits per heavy atom. The number of rotatable bonds is 3. The largest absolute Gasteiger partial charge is 0.388 e. The predicted molar refractivity (Wildman–Crippen MR) is 89.6 cm³/mol. The Bertz CT molecular complexity index is 753. The molecule has 1 nitrogen and oxygen atoms in total. The van der Waals surface area contributed by atoms with Gasteiger partial charge in [-0.05, 0) is 56.0 Å². The summed E-state index contributed by atoms with van der Waals surface area (Å²) in [5.41, 5.74) is 2.06. The zero-order valence-electron chi connectivity index (χ0n) is 10.5. The Kier molecular flexibility index (Phi) is 4.13. The van der Waals surface area contributed by atoms with Crippen molar-refractivity contribution in [2.45, 2.75) is 12.5 Å². The van der Waals surface area contributed by atoms with Crippen molar-refractivity contribution in [1.29, 1.82) is 0 Å². The summed E-state index contributed by atoms with van der Waals surface area (Å²) in [6.45, 7) is 0. The van der Waals surface area contributed by atoms with Gasteiger partial charge in [-0.15, -0.1) is 11.3 Å². The van der Waals surface area contributed by atoms with Crippen molar-refractivity contribution < 1.29 is 5.11 Å². The number of aliphatic hydroxyl groups is 1. The first-order chi connectivity index (χ1) is 9.65. The van der Waals surface area contributed by atoms with Crippen LogP contribution in [-0.2, 0) is 6.42 Å². The van der Waals surface area contributed by atoms with Gasteiger partial charge in [-0.1, -0.05) is 35.9 Å². The first kappa shape index (κ1) is 14.1. The van der Waals surface area contributed by atoms with Crippen LogP contribution < -0.4 is 0 Å². The summed E-state index contributed by atoms with van der Waals surface area (Å²) in [7, 11) is 0. The van der Waals surface area contributed by atoms with Gasteiger partial charge in [0, 0.05) is 15.6 Å². The normalized spacial score (nSPS) is 12.8. The summed E-state index contributed by atoms with van der Waals surface area (Å²) >= 11 is 11.1. The second-order valence-corrected chi connectivity index (χ2v) is 6.82. The van der Waals surface area contributed by atoms with Crippen LogP contribution in [0.4, 0.5) is 0 Å². The Morgan fingerprint density at radius 2 is 2.00 bits per heavy atom. The number of halogens is 2. The van der Waals surface area contributed by atoms with Gasteiger partial charge in [0.2, 0.25) is 0 Å². The van der Waals surface area contributed by atoms with Crippen LogP contribution in [0.2, 0.25) is 5.02 Å². The topological polar surface area (TPSA) is 20.2 Å². The Hall–Kier alpha value is -0.870. The summed E-state index contributed by atoms with van der Waals surface area (Å²) in [6.07, 6.45) is 0.0829. The maximum absolute atomic E-state index is 10.4. The van der Waals surface area contributed by atoms with Crippen molar-refractivity contribution in [1.82, 2.24) is 0 Å². The minimum absolute atomic E-state index is 0.526. The molecule has 0 saturated heterocycles. The van der Waals surface area contributed by atoms with Gasteiger partial charge < -0.3 is 5.11 Å². The lowest BCUT2D eigenvalue weighted by molar-refractivity contribution is 0.179. The molecule has 0 bridgehead atoms. The molecule has 0 aliphatic carbocycles. The number of benzene rings is 2. The highest BCUT2D eigenvalue weighted by Gasteiger charge is 2.13. The van der Waals surface area contributed by atoms with E-state index in [0.717, 1.165) is 10.0 Å². The Labute approximate surface area is 135 Å². The minimum Gasteiger partial charge on any atom is -0.388 e. The molecule has 0 fully saturated rings. The van der Waals surface area contributed by atoms with Gasteiger partial charge in [0.05, 0.1) is 11.1 Å². The summed E-state index contributed by atoms with van der Waals surface area (Å²) in [5.74, 6) is 0. The molecule has 0 aliphatic rings. The third-order valence-corrected chi connectivity index (χ3v) is 5.53. The van der Waals surface area contributed by atoms with Crippen molar-refractivity contribution in [2.75, 3.05) is 0 Å². The standard InChI is InChI=1S/C16H12BrClOS/c17-13-7-10(5-6-14(13)18)15(19)8-11-9-20-16-4-2-1-3-12(11)16/h1-7,9,15,19H,8H2. The highest BCUT2D eigenvalue weighted by Crippen LogP contribution is 2.31. The van der Waals surface area contributed by atoms with Gasteiger partial charge in [0.1, 0.15) is 0 Å². The van der Waals surface area contributed by atoms with E-state index in [2.05, 4.69) is 33.4 Å². The quantitative estimate of drug-likeness (QED) is 0.639. The highest BCUT2D eigenvalue weighted by molar-refractivity contribution is 9.10. The van der Waals surface area contributed by atoms with Gasteiger partial charge in [-0.25, -0.2) is 0 Å². The molecule has 0 radical (unpaired) electrons. The molecule has 1 N–H and O–H groups in total. The monoisotopic (exact) mass is 366 g/mol. The fourth-order valence-electron chi connectivity index (χ4n) is 2.24. The molecular weight excluding hydrogens is 356 g/mol. The van der Waals surface area contributed by atoms with Crippen molar-refractivity contribution >= 4 is 49.0 Å². The number of hydrogen-bond donors (Lipinski definition) is 1. The molecule has 1 aromatic heterocycles. The molecule has 20 heavy (non-hydrogen) atoms. The van der Waals surface area contributed by atoms with Gasteiger partial charge in [-0.3, -0.25) is 0 Å². The van der Waals surface area contributed by atoms with Crippen molar-refractivity contribution in [3.63, 3.8) is 0 Å². The average Bonchev–Trinajstić information content (AvgIpc) is 2.85. The predicted octanol–water partition coefficient (Wildman–Crippen LogP) is 5.59. The van der Waals surface area contributed by atoms with E-state index in [1.807, 2.05) is 24.3 Å². The number of hydrogen-bond acceptors (Lipinski definition) is 2. The zero-order chi connectivity index (χ0) is 14.1. The van der Waals surface area contributed by atoms with Crippen molar-refractivity contribution in [3.8, 4) is 0 Å². The lowest BCUT2D eigenvalue weighted by atomic mass is 10.0. The maximum atomic E-state index is 10.4. The molecular formula is C16H12BrClOS. The molecule has 0 spiro atoms. The molecule has 4 heteroatoms.